The summed E-state index contributed by atoms with van der Waals surface area (Å²) in [5, 5.41) is 1.34. The van der Waals surface area contributed by atoms with Crippen LogP contribution in [-0.4, -0.2) is 21.6 Å². The molecule has 0 atom stereocenters. The second kappa shape index (κ2) is 8.93. The lowest BCUT2D eigenvalue weighted by Crippen LogP contribution is -2.22. The van der Waals surface area contributed by atoms with Gasteiger partial charge in [0.05, 0.1) is 7.11 Å². The minimum Gasteiger partial charge on any atom is -0.497 e. The Morgan fingerprint density at radius 1 is 0.862 bits per heavy atom. The molecule has 2 aromatic heterocycles. The zero-order chi connectivity index (χ0) is 20.1. The third-order valence-corrected chi connectivity index (χ3v) is 5.33. The molecule has 0 spiro atoms. The number of hydrogen-bond acceptors (Lipinski definition) is 3. The molecule has 0 saturated heterocycles. The van der Waals surface area contributed by atoms with Crippen molar-refractivity contribution in [3.05, 3.63) is 95.9 Å². The first-order valence-electron chi connectivity index (χ1n) is 10.1. The Morgan fingerprint density at radius 2 is 1.55 bits per heavy atom. The monoisotopic (exact) mass is 385 g/mol. The summed E-state index contributed by atoms with van der Waals surface area (Å²) in [6.45, 7) is 5.81. The number of para-hydroxylation sites is 1. The Bertz CT molecular complexity index is 1050. The average Bonchev–Trinajstić information content (AvgIpc) is 3.12. The quantitative estimate of drug-likeness (QED) is 0.414. The summed E-state index contributed by atoms with van der Waals surface area (Å²) >= 11 is 0. The molecule has 0 N–H and O–H groups in total. The van der Waals surface area contributed by atoms with Gasteiger partial charge in [-0.1, -0.05) is 30.3 Å². The van der Waals surface area contributed by atoms with Crippen LogP contribution in [0.3, 0.4) is 0 Å². The minimum atomic E-state index is 0.873. The molecule has 2 aromatic carbocycles. The van der Waals surface area contributed by atoms with Crippen LogP contribution >= 0.6 is 0 Å². The van der Waals surface area contributed by atoms with Gasteiger partial charge in [0.25, 0.3) is 0 Å². The van der Waals surface area contributed by atoms with Gasteiger partial charge >= 0.3 is 0 Å². The Morgan fingerprint density at radius 3 is 2.24 bits per heavy atom. The second-order valence-electron chi connectivity index (χ2n) is 7.31. The normalized spacial score (nSPS) is 11.3. The van der Waals surface area contributed by atoms with Crippen LogP contribution in [-0.2, 0) is 26.2 Å². The van der Waals surface area contributed by atoms with Gasteiger partial charge in [0, 0.05) is 55.7 Å². The molecular weight excluding hydrogens is 358 g/mol. The maximum atomic E-state index is 5.31. The third kappa shape index (κ3) is 4.49. The van der Waals surface area contributed by atoms with Crippen molar-refractivity contribution in [2.24, 2.45) is 0 Å². The topological polar surface area (TPSA) is 30.3 Å². The molecule has 29 heavy (non-hydrogen) atoms. The van der Waals surface area contributed by atoms with E-state index in [0.29, 0.717) is 0 Å². The predicted molar refractivity (Wildman–Crippen MR) is 118 cm³/mol. The van der Waals surface area contributed by atoms with Crippen molar-refractivity contribution in [2.45, 2.75) is 33.1 Å². The zero-order valence-electron chi connectivity index (χ0n) is 17.1. The number of nitrogens with zero attached hydrogens (tertiary/aromatic N) is 3. The molecule has 0 amide bonds. The molecule has 0 aliphatic carbocycles. The van der Waals surface area contributed by atoms with Gasteiger partial charge in [-0.2, -0.15) is 0 Å². The molecule has 2 heterocycles. The zero-order valence-corrected chi connectivity index (χ0v) is 17.1. The van der Waals surface area contributed by atoms with Crippen LogP contribution in [0.15, 0.2) is 79.3 Å². The fraction of sp³-hybridized carbons (Fsp3) is 0.240. The maximum absolute atomic E-state index is 5.31. The third-order valence-electron chi connectivity index (χ3n) is 5.33. The van der Waals surface area contributed by atoms with E-state index < -0.39 is 0 Å². The number of aromatic nitrogens is 2. The van der Waals surface area contributed by atoms with E-state index in [1.807, 2.05) is 24.5 Å². The average molecular weight is 386 g/mol. The number of rotatable bonds is 8. The van der Waals surface area contributed by atoms with Crippen molar-refractivity contribution in [3.63, 3.8) is 0 Å². The molecule has 4 aromatic rings. The van der Waals surface area contributed by atoms with Gasteiger partial charge < -0.3 is 9.30 Å². The van der Waals surface area contributed by atoms with E-state index in [1.54, 1.807) is 7.11 Å². The van der Waals surface area contributed by atoms with Crippen molar-refractivity contribution in [1.29, 1.82) is 0 Å². The number of ether oxygens (including phenoxy) is 1. The standard InChI is InChI=1S/C25H27N3O/c1-3-28-19-22(24-6-4-5-7-25(24)28)18-27(17-21-12-14-26-15-13-21)16-20-8-10-23(29-2)11-9-20/h4-15,19H,3,16-18H2,1-2H3. The highest BCUT2D eigenvalue weighted by atomic mass is 16.5. The van der Waals surface area contributed by atoms with Crippen LogP contribution in [0, 0.1) is 0 Å². The minimum absolute atomic E-state index is 0.873. The molecule has 0 aliphatic heterocycles. The van der Waals surface area contributed by atoms with Crippen molar-refractivity contribution < 1.29 is 4.74 Å². The highest BCUT2D eigenvalue weighted by Crippen LogP contribution is 2.24. The van der Waals surface area contributed by atoms with Gasteiger partial charge in [0.1, 0.15) is 5.75 Å². The number of fused-ring (bicyclic) bond motifs is 1. The lowest BCUT2D eigenvalue weighted by atomic mass is 10.1. The number of methoxy groups -OCH3 is 1. The van der Waals surface area contributed by atoms with Crippen LogP contribution in [0.1, 0.15) is 23.6 Å². The van der Waals surface area contributed by atoms with Crippen LogP contribution < -0.4 is 4.74 Å². The summed E-state index contributed by atoms with van der Waals surface area (Å²) in [5.41, 5.74) is 5.22. The van der Waals surface area contributed by atoms with E-state index in [9.17, 15) is 0 Å². The van der Waals surface area contributed by atoms with E-state index in [2.05, 4.69) is 76.1 Å². The Hall–Kier alpha value is -3.11. The molecule has 148 valence electrons. The number of aryl methyl sites for hydroxylation is 1. The highest BCUT2D eigenvalue weighted by molar-refractivity contribution is 5.83. The molecule has 4 rings (SSSR count). The SMILES string of the molecule is CCn1cc(CN(Cc2ccncc2)Cc2ccc(OC)cc2)c2ccccc21. The number of pyridine rings is 1. The van der Waals surface area contributed by atoms with Gasteiger partial charge in [-0.15, -0.1) is 0 Å². The summed E-state index contributed by atoms with van der Waals surface area (Å²) in [4.78, 5) is 6.64. The maximum Gasteiger partial charge on any atom is 0.118 e. The van der Waals surface area contributed by atoms with Crippen LogP contribution in [0.5, 0.6) is 5.75 Å². The summed E-state index contributed by atoms with van der Waals surface area (Å²) < 4.78 is 7.64. The second-order valence-corrected chi connectivity index (χ2v) is 7.31. The Balaban J connectivity index is 1.62. The Labute approximate surface area is 172 Å². The summed E-state index contributed by atoms with van der Waals surface area (Å²) in [5.74, 6) is 0.889. The van der Waals surface area contributed by atoms with Gasteiger partial charge in [-0.3, -0.25) is 9.88 Å². The lowest BCUT2D eigenvalue weighted by molar-refractivity contribution is 0.248. The molecule has 4 heteroatoms. The van der Waals surface area contributed by atoms with Crippen molar-refractivity contribution in [3.8, 4) is 5.75 Å². The fourth-order valence-corrected chi connectivity index (χ4v) is 3.85. The van der Waals surface area contributed by atoms with E-state index in [1.165, 1.54) is 27.6 Å². The molecule has 0 aliphatic rings. The van der Waals surface area contributed by atoms with Gasteiger partial charge in [-0.25, -0.2) is 0 Å². The largest absolute Gasteiger partial charge is 0.497 e. The number of benzene rings is 2. The molecule has 0 fully saturated rings. The van der Waals surface area contributed by atoms with Crippen molar-refractivity contribution in [1.82, 2.24) is 14.5 Å². The fourth-order valence-electron chi connectivity index (χ4n) is 3.85. The molecule has 0 unspecified atom stereocenters. The molecule has 4 nitrogen and oxygen atoms in total. The van der Waals surface area contributed by atoms with Crippen LogP contribution in [0.4, 0.5) is 0 Å². The van der Waals surface area contributed by atoms with E-state index in [4.69, 9.17) is 4.74 Å². The van der Waals surface area contributed by atoms with E-state index in [-0.39, 0.29) is 0 Å². The summed E-state index contributed by atoms with van der Waals surface area (Å²) in [7, 11) is 1.70. The van der Waals surface area contributed by atoms with Gasteiger partial charge in [0.15, 0.2) is 0 Å². The van der Waals surface area contributed by atoms with Crippen molar-refractivity contribution in [2.75, 3.05) is 7.11 Å². The molecule has 0 saturated carbocycles. The predicted octanol–water partition coefficient (Wildman–Crippen LogP) is 5.27. The highest BCUT2D eigenvalue weighted by Gasteiger charge is 2.13. The van der Waals surface area contributed by atoms with E-state index >= 15 is 0 Å². The van der Waals surface area contributed by atoms with Gasteiger partial charge in [0.2, 0.25) is 0 Å². The molecular formula is C25H27N3O. The molecule has 0 bridgehead atoms. The summed E-state index contributed by atoms with van der Waals surface area (Å²) in [6, 6.07) is 21.2. The number of hydrogen-bond donors (Lipinski definition) is 0. The first-order valence-corrected chi connectivity index (χ1v) is 10.1. The van der Waals surface area contributed by atoms with Crippen LogP contribution in [0.2, 0.25) is 0 Å². The van der Waals surface area contributed by atoms with Gasteiger partial charge in [-0.05, 0) is 53.9 Å². The lowest BCUT2D eigenvalue weighted by Gasteiger charge is -2.22. The smallest absolute Gasteiger partial charge is 0.118 e. The summed E-state index contributed by atoms with van der Waals surface area (Å²) in [6.07, 6.45) is 6.03. The van der Waals surface area contributed by atoms with Crippen molar-refractivity contribution >= 4 is 10.9 Å². The molecule has 0 radical (unpaired) electrons. The first-order chi connectivity index (χ1) is 14.3. The van der Waals surface area contributed by atoms with E-state index in [0.717, 1.165) is 31.9 Å². The van der Waals surface area contributed by atoms with Crippen LogP contribution in [0.25, 0.3) is 10.9 Å². The first kappa shape index (κ1) is 19.2. The Kier molecular flexibility index (Phi) is 5.92.